The minimum absolute atomic E-state index is 0.00786. The van der Waals surface area contributed by atoms with Crippen molar-refractivity contribution in [3.63, 3.8) is 0 Å². The van der Waals surface area contributed by atoms with Crippen molar-refractivity contribution in [3.05, 3.63) is 81.5 Å². The molecule has 0 radical (unpaired) electrons. The van der Waals surface area contributed by atoms with Gasteiger partial charge in [-0.2, -0.15) is 0 Å². The molecular weight excluding hydrogens is 444 g/mol. The maximum absolute atomic E-state index is 13.3. The Labute approximate surface area is 192 Å². The predicted molar refractivity (Wildman–Crippen MR) is 129 cm³/mol. The van der Waals surface area contributed by atoms with Gasteiger partial charge in [0.05, 0.1) is 27.9 Å². The first kappa shape index (κ1) is 21.8. The molecule has 0 spiro atoms. The van der Waals surface area contributed by atoms with Gasteiger partial charge < -0.3 is 11.1 Å². The molecule has 0 saturated heterocycles. The summed E-state index contributed by atoms with van der Waals surface area (Å²) in [6.07, 6.45) is 0.892. The van der Waals surface area contributed by atoms with Gasteiger partial charge in [0, 0.05) is 0 Å². The van der Waals surface area contributed by atoms with E-state index in [0.717, 1.165) is 23.7 Å². The first-order valence-corrected chi connectivity index (χ1v) is 11.8. The zero-order chi connectivity index (χ0) is 22.7. The van der Waals surface area contributed by atoms with Gasteiger partial charge in [0.15, 0.2) is 5.16 Å². The third-order valence-electron chi connectivity index (χ3n) is 4.86. The number of aryl methyl sites for hydroxylation is 1. The van der Waals surface area contributed by atoms with Crippen LogP contribution in [0, 0.1) is 0 Å². The standard InChI is InChI=1S/C23H20N4O3S2/c1-2-14-7-9-15(10-8-14)27-22(30)16-5-3-4-6-18(16)25-23(27)32-13-19(28)26-21-17(20(24)29)11-12-31-21/h3-12H,2,13H2,1H3,(H2,24,29)(H,26,28). The van der Waals surface area contributed by atoms with Crippen LogP contribution in [0.15, 0.2) is 69.9 Å². The van der Waals surface area contributed by atoms with Crippen LogP contribution in [0.25, 0.3) is 16.6 Å². The number of rotatable bonds is 7. The maximum atomic E-state index is 13.3. The molecular formula is C23H20N4O3S2. The van der Waals surface area contributed by atoms with Crippen LogP contribution in [0.5, 0.6) is 0 Å². The number of nitrogens with two attached hydrogens (primary N) is 1. The molecule has 0 saturated carbocycles. The van der Waals surface area contributed by atoms with Crippen LogP contribution in [0.2, 0.25) is 0 Å². The van der Waals surface area contributed by atoms with Crippen molar-refractivity contribution in [3.8, 4) is 5.69 Å². The Kier molecular flexibility index (Phi) is 6.38. The van der Waals surface area contributed by atoms with Crippen molar-refractivity contribution in [1.82, 2.24) is 9.55 Å². The largest absolute Gasteiger partial charge is 0.366 e. The van der Waals surface area contributed by atoms with E-state index in [2.05, 4.69) is 17.2 Å². The zero-order valence-electron chi connectivity index (χ0n) is 17.2. The summed E-state index contributed by atoms with van der Waals surface area (Å²) in [6.45, 7) is 2.07. The first-order valence-electron chi connectivity index (χ1n) is 9.89. The molecule has 2 aromatic heterocycles. The van der Waals surface area contributed by atoms with Gasteiger partial charge in [-0.15, -0.1) is 11.3 Å². The molecule has 32 heavy (non-hydrogen) atoms. The summed E-state index contributed by atoms with van der Waals surface area (Å²) in [4.78, 5) is 42.0. The fourth-order valence-corrected chi connectivity index (χ4v) is 4.83. The third-order valence-corrected chi connectivity index (χ3v) is 6.63. The van der Waals surface area contributed by atoms with Crippen LogP contribution in [0.4, 0.5) is 5.00 Å². The Balaban J connectivity index is 1.66. The van der Waals surface area contributed by atoms with Gasteiger partial charge in [-0.1, -0.05) is 43.0 Å². The Morgan fingerprint density at radius 3 is 2.59 bits per heavy atom. The number of carbonyl (C=O) groups excluding carboxylic acids is 2. The number of benzene rings is 2. The van der Waals surface area contributed by atoms with Crippen molar-refractivity contribution in [2.75, 3.05) is 11.1 Å². The van der Waals surface area contributed by atoms with Crippen molar-refractivity contribution in [2.45, 2.75) is 18.5 Å². The summed E-state index contributed by atoms with van der Waals surface area (Å²) in [7, 11) is 0. The van der Waals surface area contributed by atoms with Crippen LogP contribution >= 0.6 is 23.1 Å². The average Bonchev–Trinajstić information content (AvgIpc) is 3.26. The lowest BCUT2D eigenvalue weighted by Gasteiger charge is -2.13. The lowest BCUT2D eigenvalue weighted by atomic mass is 10.1. The molecule has 4 rings (SSSR count). The maximum Gasteiger partial charge on any atom is 0.266 e. The minimum atomic E-state index is -0.602. The van der Waals surface area contributed by atoms with Gasteiger partial charge in [0.2, 0.25) is 5.91 Å². The molecule has 0 unspecified atom stereocenters. The Hall–Kier alpha value is -3.43. The number of carbonyl (C=O) groups is 2. The number of anilines is 1. The summed E-state index contributed by atoms with van der Waals surface area (Å²) in [6, 6.07) is 16.4. The summed E-state index contributed by atoms with van der Waals surface area (Å²) in [5.74, 6) is -0.918. The first-order chi connectivity index (χ1) is 15.5. The number of nitrogens with one attached hydrogen (secondary N) is 1. The van der Waals surface area contributed by atoms with Gasteiger partial charge in [0.25, 0.3) is 11.5 Å². The predicted octanol–water partition coefficient (Wildman–Crippen LogP) is 3.84. The van der Waals surface area contributed by atoms with Gasteiger partial charge in [-0.05, 0) is 47.7 Å². The second-order valence-electron chi connectivity index (χ2n) is 6.94. The van der Waals surface area contributed by atoms with Gasteiger partial charge in [0.1, 0.15) is 5.00 Å². The van der Waals surface area contributed by atoms with Crippen molar-refractivity contribution in [2.24, 2.45) is 5.73 Å². The average molecular weight is 465 g/mol. The zero-order valence-corrected chi connectivity index (χ0v) is 18.8. The van der Waals surface area contributed by atoms with Crippen molar-refractivity contribution < 1.29 is 9.59 Å². The van der Waals surface area contributed by atoms with E-state index in [1.807, 2.05) is 30.3 Å². The molecule has 0 bridgehead atoms. The fraction of sp³-hybridized carbons (Fsp3) is 0.130. The molecule has 162 valence electrons. The van der Waals surface area contributed by atoms with E-state index in [1.54, 1.807) is 29.6 Å². The monoisotopic (exact) mass is 464 g/mol. The van der Waals surface area contributed by atoms with E-state index >= 15 is 0 Å². The smallest absolute Gasteiger partial charge is 0.266 e. The SMILES string of the molecule is CCc1ccc(-n2c(SCC(=O)Nc3sccc3C(N)=O)nc3ccccc3c2=O)cc1. The Morgan fingerprint density at radius 2 is 1.88 bits per heavy atom. The number of thiophene rings is 1. The van der Waals surface area contributed by atoms with E-state index in [9.17, 15) is 14.4 Å². The summed E-state index contributed by atoms with van der Waals surface area (Å²) < 4.78 is 1.53. The molecule has 2 heterocycles. The molecule has 0 fully saturated rings. The molecule has 2 aromatic carbocycles. The summed E-state index contributed by atoms with van der Waals surface area (Å²) in [5.41, 5.74) is 7.82. The fourth-order valence-electron chi connectivity index (χ4n) is 3.21. The van der Waals surface area contributed by atoms with Crippen molar-refractivity contribution >= 4 is 50.8 Å². The van der Waals surface area contributed by atoms with E-state index in [4.69, 9.17) is 5.73 Å². The van der Waals surface area contributed by atoms with E-state index in [1.165, 1.54) is 15.9 Å². The number of para-hydroxylation sites is 1. The highest BCUT2D eigenvalue weighted by atomic mass is 32.2. The Bertz CT molecular complexity index is 1360. The second-order valence-corrected chi connectivity index (χ2v) is 8.80. The lowest BCUT2D eigenvalue weighted by Crippen LogP contribution is -2.23. The molecule has 4 aromatic rings. The Morgan fingerprint density at radius 1 is 1.12 bits per heavy atom. The van der Waals surface area contributed by atoms with Crippen LogP contribution in [-0.4, -0.2) is 27.1 Å². The van der Waals surface area contributed by atoms with Gasteiger partial charge in [-0.25, -0.2) is 4.98 Å². The van der Waals surface area contributed by atoms with E-state index < -0.39 is 5.91 Å². The number of thioether (sulfide) groups is 1. The lowest BCUT2D eigenvalue weighted by molar-refractivity contribution is -0.113. The van der Waals surface area contributed by atoms with E-state index in [0.29, 0.717) is 26.7 Å². The van der Waals surface area contributed by atoms with Crippen LogP contribution in [0.3, 0.4) is 0 Å². The van der Waals surface area contributed by atoms with E-state index in [-0.39, 0.29) is 22.8 Å². The number of nitrogens with zero attached hydrogens (tertiary/aromatic N) is 2. The number of primary amides is 1. The molecule has 7 nitrogen and oxygen atoms in total. The highest BCUT2D eigenvalue weighted by Crippen LogP contribution is 2.25. The quantitative estimate of drug-likeness (QED) is 0.319. The topological polar surface area (TPSA) is 107 Å². The van der Waals surface area contributed by atoms with Crippen molar-refractivity contribution in [1.29, 1.82) is 0 Å². The number of amides is 2. The molecule has 0 atom stereocenters. The highest BCUT2D eigenvalue weighted by molar-refractivity contribution is 7.99. The summed E-state index contributed by atoms with van der Waals surface area (Å²) >= 11 is 2.38. The molecule has 0 aliphatic heterocycles. The molecule has 3 N–H and O–H groups in total. The number of hydrogen-bond donors (Lipinski definition) is 2. The van der Waals surface area contributed by atoms with Crippen LogP contribution in [-0.2, 0) is 11.2 Å². The normalized spacial score (nSPS) is 10.9. The number of hydrogen-bond acceptors (Lipinski definition) is 6. The summed E-state index contributed by atoms with van der Waals surface area (Å²) in [5, 5.41) is 5.72. The molecule has 0 aliphatic carbocycles. The van der Waals surface area contributed by atoms with Gasteiger partial charge >= 0.3 is 0 Å². The number of fused-ring (bicyclic) bond motifs is 1. The van der Waals surface area contributed by atoms with Gasteiger partial charge in [-0.3, -0.25) is 19.0 Å². The van der Waals surface area contributed by atoms with Crippen LogP contribution in [0.1, 0.15) is 22.8 Å². The third kappa shape index (κ3) is 4.44. The number of aromatic nitrogens is 2. The second kappa shape index (κ2) is 9.37. The highest BCUT2D eigenvalue weighted by Gasteiger charge is 2.17. The molecule has 9 heteroatoms. The minimum Gasteiger partial charge on any atom is -0.366 e. The molecule has 0 aliphatic rings. The molecule has 2 amide bonds. The van der Waals surface area contributed by atoms with Crippen LogP contribution < -0.4 is 16.6 Å².